The van der Waals surface area contributed by atoms with E-state index < -0.39 is 18.9 Å². The predicted octanol–water partition coefficient (Wildman–Crippen LogP) is 3.98. The molecule has 0 aliphatic carbocycles. The number of benzene rings is 1. The van der Waals surface area contributed by atoms with Crippen molar-refractivity contribution in [1.29, 1.82) is 0 Å². The average molecular weight is 290 g/mol. The second-order valence-corrected chi connectivity index (χ2v) is 4.32. The summed E-state index contributed by atoms with van der Waals surface area (Å²) in [6.45, 7) is -1.11. The van der Waals surface area contributed by atoms with Crippen molar-refractivity contribution in [2.75, 3.05) is 6.54 Å². The molecule has 0 saturated carbocycles. The van der Waals surface area contributed by atoms with Crippen molar-refractivity contribution in [2.24, 2.45) is 0 Å². The average Bonchev–Trinajstić information content (AvgIpc) is 2.15. The van der Waals surface area contributed by atoms with E-state index in [-0.39, 0.29) is 6.54 Å². The van der Waals surface area contributed by atoms with Crippen LogP contribution >= 0.6 is 23.2 Å². The molecule has 0 bridgehead atoms. The van der Waals surface area contributed by atoms with E-state index in [0.29, 0.717) is 15.6 Å². The van der Waals surface area contributed by atoms with Crippen LogP contribution in [0.15, 0.2) is 18.2 Å². The molecule has 0 amide bonds. The highest BCUT2D eigenvalue weighted by Gasteiger charge is 2.39. The second kappa shape index (κ2) is 5.89. The van der Waals surface area contributed by atoms with Gasteiger partial charge < -0.3 is 5.32 Å². The van der Waals surface area contributed by atoms with Gasteiger partial charge in [0.25, 0.3) is 0 Å². The van der Waals surface area contributed by atoms with Crippen LogP contribution < -0.4 is 5.32 Å². The van der Waals surface area contributed by atoms with Crippen LogP contribution in [0.1, 0.15) is 5.56 Å². The van der Waals surface area contributed by atoms with E-state index in [1.807, 2.05) is 0 Å². The van der Waals surface area contributed by atoms with Crippen molar-refractivity contribution < 1.29 is 17.6 Å². The molecule has 0 heterocycles. The zero-order valence-corrected chi connectivity index (χ0v) is 10.0. The molecule has 0 saturated heterocycles. The molecular weight excluding hydrogens is 281 g/mol. The van der Waals surface area contributed by atoms with E-state index in [2.05, 4.69) is 5.32 Å². The Labute approximate surface area is 106 Å². The summed E-state index contributed by atoms with van der Waals surface area (Å²) >= 11 is 11.4. The standard InChI is InChI=1S/C10H9Cl2F4N/c11-7-1-6(2-8(12)3-7)4-17-5-10(15,16)9(13)14/h1-3,9,17H,4-5H2. The van der Waals surface area contributed by atoms with E-state index in [0.717, 1.165) is 0 Å². The Hall–Kier alpha value is -0.520. The molecule has 1 aromatic carbocycles. The van der Waals surface area contributed by atoms with Crippen molar-refractivity contribution in [3.63, 3.8) is 0 Å². The lowest BCUT2D eigenvalue weighted by atomic mass is 10.2. The highest BCUT2D eigenvalue weighted by molar-refractivity contribution is 6.34. The molecule has 96 valence electrons. The largest absolute Gasteiger partial charge is 0.319 e. The topological polar surface area (TPSA) is 12.0 Å². The zero-order valence-electron chi connectivity index (χ0n) is 8.49. The minimum atomic E-state index is -4.04. The van der Waals surface area contributed by atoms with Crippen LogP contribution in [0.3, 0.4) is 0 Å². The molecule has 7 heteroatoms. The SMILES string of the molecule is FC(F)C(F)(F)CNCc1cc(Cl)cc(Cl)c1. The third-order valence-electron chi connectivity index (χ3n) is 1.93. The van der Waals surface area contributed by atoms with Gasteiger partial charge in [0.15, 0.2) is 0 Å². The summed E-state index contributed by atoms with van der Waals surface area (Å²) in [6, 6.07) is 4.52. The number of halogens is 6. The van der Waals surface area contributed by atoms with Crippen LogP contribution in [0.5, 0.6) is 0 Å². The lowest BCUT2D eigenvalue weighted by Crippen LogP contribution is -2.38. The van der Waals surface area contributed by atoms with Crippen LogP contribution in [0, 0.1) is 0 Å². The summed E-state index contributed by atoms with van der Waals surface area (Å²) in [4.78, 5) is 0. The first kappa shape index (κ1) is 14.5. The highest BCUT2D eigenvalue weighted by Crippen LogP contribution is 2.22. The smallest absolute Gasteiger partial charge is 0.307 e. The molecular formula is C10H9Cl2F4N. The van der Waals surface area contributed by atoms with E-state index in [9.17, 15) is 17.6 Å². The van der Waals surface area contributed by atoms with Gasteiger partial charge in [-0.15, -0.1) is 0 Å². The third kappa shape index (κ3) is 4.69. The summed E-state index contributed by atoms with van der Waals surface area (Å²) in [7, 11) is 0. The van der Waals surface area contributed by atoms with Gasteiger partial charge in [-0.2, -0.15) is 8.78 Å². The van der Waals surface area contributed by atoms with Crippen molar-refractivity contribution in [3.8, 4) is 0 Å². The molecule has 17 heavy (non-hydrogen) atoms. The van der Waals surface area contributed by atoms with Gasteiger partial charge in [-0.1, -0.05) is 23.2 Å². The Morgan fingerprint density at radius 2 is 1.65 bits per heavy atom. The maximum Gasteiger partial charge on any atom is 0.319 e. The minimum absolute atomic E-state index is 0.0113. The summed E-state index contributed by atoms with van der Waals surface area (Å²) in [5.74, 6) is -4.04. The number of rotatable bonds is 5. The molecule has 0 unspecified atom stereocenters. The fourth-order valence-corrected chi connectivity index (χ4v) is 1.73. The first-order valence-corrected chi connectivity index (χ1v) is 5.38. The van der Waals surface area contributed by atoms with E-state index in [4.69, 9.17) is 23.2 Å². The number of hydrogen-bond acceptors (Lipinski definition) is 1. The van der Waals surface area contributed by atoms with Crippen LogP contribution in [-0.4, -0.2) is 18.9 Å². The molecule has 0 atom stereocenters. The Balaban J connectivity index is 2.51. The van der Waals surface area contributed by atoms with Crippen LogP contribution in [0.4, 0.5) is 17.6 Å². The Kier molecular flexibility index (Phi) is 5.04. The molecule has 0 aliphatic heterocycles. The zero-order chi connectivity index (χ0) is 13.1. The van der Waals surface area contributed by atoms with Gasteiger partial charge in [0.05, 0.1) is 6.54 Å². The maximum atomic E-state index is 12.5. The fourth-order valence-electron chi connectivity index (χ4n) is 1.16. The van der Waals surface area contributed by atoms with E-state index >= 15 is 0 Å². The summed E-state index contributed by atoms with van der Waals surface area (Å²) in [5.41, 5.74) is 0.549. The van der Waals surface area contributed by atoms with E-state index in [1.54, 1.807) is 0 Å². The Bertz CT molecular complexity index is 364. The summed E-state index contributed by atoms with van der Waals surface area (Å²) < 4.78 is 48.8. The monoisotopic (exact) mass is 289 g/mol. The van der Waals surface area contributed by atoms with Crippen LogP contribution in [0.2, 0.25) is 10.0 Å². The van der Waals surface area contributed by atoms with E-state index in [1.165, 1.54) is 18.2 Å². The Morgan fingerprint density at radius 3 is 2.12 bits per heavy atom. The highest BCUT2D eigenvalue weighted by atomic mass is 35.5. The minimum Gasteiger partial charge on any atom is -0.307 e. The first-order chi connectivity index (χ1) is 7.81. The van der Waals surface area contributed by atoms with Crippen LogP contribution in [0.25, 0.3) is 0 Å². The lowest BCUT2D eigenvalue weighted by Gasteiger charge is -2.15. The molecule has 1 aromatic rings. The van der Waals surface area contributed by atoms with Crippen molar-refractivity contribution in [1.82, 2.24) is 5.32 Å². The number of hydrogen-bond donors (Lipinski definition) is 1. The van der Waals surface area contributed by atoms with Gasteiger partial charge in [-0.3, -0.25) is 0 Å². The third-order valence-corrected chi connectivity index (χ3v) is 2.37. The number of nitrogens with one attached hydrogen (secondary N) is 1. The lowest BCUT2D eigenvalue weighted by molar-refractivity contribution is -0.125. The van der Waals surface area contributed by atoms with Crippen molar-refractivity contribution >= 4 is 23.2 Å². The molecule has 0 spiro atoms. The first-order valence-electron chi connectivity index (χ1n) is 4.63. The summed E-state index contributed by atoms with van der Waals surface area (Å²) in [5, 5.41) is 2.94. The predicted molar refractivity (Wildman–Crippen MR) is 59.1 cm³/mol. The molecule has 0 radical (unpaired) electrons. The molecule has 1 nitrogen and oxygen atoms in total. The van der Waals surface area contributed by atoms with Gasteiger partial charge in [-0.25, -0.2) is 8.78 Å². The second-order valence-electron chi connectivity index (χ2n) is 3.44. The van der Waals surface area contributed by atoms with Gasteiger partial charge >= 0.3 is 12.3 Å². The van der Waals surface area contributed by atoms with Crippen LogP contribution in [-0.2, 0) is 6.54 Å². The molecule has 1 rings (SSSR count). The molecule has 0 aliphatic rings. The fraction of sp³-hybridized carbons (Fsp3) is 0.400. The van der Waals surface area contributed by atoms with Gasteiger partial charge in [0.2, 0.25) is 0 Å². The summed E-state index contributed by atoms with van der Waals surface area (Å²) in [6.07, 6.45) is -3.68. The maximum absolute atomic E-state index is 12.5. The number of alkyl halides is 4. The quantitative estimate of drug-likeness (QED) is 0.809. The van der Waals surface area contributed by atoms with Crippen molar-refractivity contribution in [2.45, 2.75) is 18.9 Å². The molecule has 0 fully saturated rings. The molecule has 1 N–H and O–H groups in total. The van der Waals surface area contributed by atoms with Gasteiger partial charge in [-0.05, 0) is 23.8 Å². The van der Waals surface area contributed by atoms with Crippen molar-refractivity contribution in [3.05, 3.63) is 33.8 Å². The van der Waals surface area contributed by atoms with Gasteiger partial charge in [0.1, 0.15) is 0 Å². The molecule has 0 aromatic heterocycles. The normalized spacial score (nSPS) is 12.2. The van der Waals surface area contributed by atoms with Gasteiger partial charge in [0, 0.05) is 16.6 Å². The Morgan fingerprint density at radius 1 is 1.12 bits per heavy atom.